The van der Waals surface area contributed by atoms with Crippen molar-refractivity contribution in [3.05, 3.63) is 23.8 Å². The Morgan fingerprint density at radius 1 is 1.44 bits per heavy atom. The Morgan fingerprint density at radius 3 is 2.72 bits per heavy atom. The lowest BCUT2D eigenvalue weighted by atomic mass is 10.1. The van der Waals surface area contributed by atoms with E-state index in [0.29, 0.717) is 24.4 Å². The van der Waals surface area contributed by atoms with Gasteiger partial charge in [0.25, 0.3) is 5.91 Å². The van der Waals surface area contributed by atoms with Crippen molar-refractivity contribution in [2.45, 2.75) is 26.4 Å². The quantitative estimate of drug-likeness (QED) is 0.888. The number of aromatic carboxylic acids is 1. The number of nitrogens with zero attached hydrogens (tertiary/aromatic N) is 1. The first-order valence-electron chi connectivity index (χ1n) is 5.93. The summed E-state index contributed by atoms with van der Waals surface area (Å²) in [6.07, 6.45) is 0.0352. The van der Waals surface area contributed by atoms with E-state index in [0.717, 1.165) is 0 Å². The van der Waals surface area contributed by atoms with Gasteiger partial charge in [-0.3, -0.25) is 4.79 Å². The van der Waals surface area contributed by atoms with Gasteiger partial charge in [0.2, 0.25) is 0 Å². The summed E-state index contributed by atoms with van der Waals surface area (Å²) in [7, 11) is 0. The number of carbonyl (C=O) groups is 2. The second-order valence-corrected chi connectivity index (χ2v) is 4.08. The zero-order valence-electron chi connectivity index (χ0n) is 10.3. The topological polar surface area (TPSA) is 66.8 Å². The van der Waals surface area contributed by atoms with Gasteiger partial charge in [-0.05, 0) is 31.5 Å². The molecular weight excluding hydrogens is 234 g/mol. The Hall–Kier alpha value is -2.04. The number of anilines is 1. The van der Waals surface area contributed by atoms with Crippen LogP contribution in [0, 0.1) is 0 Å². The number of hydrogen-bond donors (Lipinski definition) is 1. The first kappa shape index (κ1) is 12.4. The molecule has 18 heavy (non-hydrogen) atoms. The van der Waals surface area contributed by atoms with Gasteiger partial charge in [-0.1, -0.05) is 6.92 Å². The molecule has 0 saturated heterocycles. The van der Waals surface area contributed by atoms with Crippen LogP contribution in [0.3, 0.4) is 0 Å². The monoisotopic (exact) mass is 249 g/mol. The van der Waals surface area contributed by atoms with E-state index >= 15 is 0 Å². The fourth-order valence-corrected chi connectivity index (χ4v) is 2.04. The van der Waals surface area contributed by atoms with Gasteiger partial charge in [-0.15, -0.1) is 0 Å². The lowest BCUT2D eigenvalue weighted by Crippen LogP contribution is -2.45. The number of rotatable bonds is 3. The molecule has 1 aromatic carbocycles. The van der Waals surface area contributed by atoms with E-state index in [4.69, 9.17) is 9.84 Å². The molecule has 1 amide bonds. The van der Waals surface area contributed by atoms with E-state index < -0.39 is 12.1 Å². The molecular formula is C13H15NO4. The van der Waals surface area contributed by atoms with Crippen molar-refractivity contribution in [1.82, 2.24) is 0 Å². The highest BCUT2D eigenvalue weighted by molar-refractivity contribution is 6.01. The predicted molar refractivity (Wildman–Crippen MR) is 66.1 cm³/mol. The Labute approximate surface area is 105 Å². The molecule has 5 nitrogen and oxygen atoms in total. The number of carboxylic acid groups (broad SMARTS) is 1. The number of ether oxygens (including phenoxy) is 1. The van der Waals surface area contributed by atoms with Crippen LogP contribution in [0.25, 0.3) is 0 Å². The average Bonchev–Trinajstić information content (AvgIpc) is 2.37. The molecule has 0 bridgehead atoms. The minimum absolute atomic E-state index is 0.0735. The molecule has 0 radical (unpaired) electrons. The maximum absolute atomic E-state index is 12.1. The van der Waals surface area contributed by atoms with Crippen molar-refractivity contribution in [3.8, 4) is 5.75 Å². The number of hydrogen-bond acceptors (Lipinski definition) is 3. The molecule has 0 spiro atoms. The molecule has 96 valence electrons. The number of amides is 1. The van der Waals surface area contributed by atoms with E-state index in [1.807, 2.05) is 13.8 Å². The third-order valence-corrected chi connectivity index (χ3v) is 3.00. The average molecular weight is 249 g/mol. The maximum atomic E-state index is 12.1. The van der Waals surface area contributed by atoms with Gasteiger partial charge >= 0.3 is 5.97 Å². The molecule has 1 atom stereocenters. The fourth-order valence-electron chi connectivity index (χ4n) is 2.04. The molecule has 1 N–H and O–H groups in total. The summed E-state index contributed by atoms with van der Waals surface area (Å²) < 4.78 is 5.56. The van der Waals surface area contributed by atoms with Crippen molar-refractivity contribution >= 4 is 17.6 Å². The van der Waals surface area contributed by atoms with Gasteiger partial charge < -0.3 is 14.7 Å². The SMILES string of the molecule is CCC1Oc2cc(C(=O)O)ccc2N(CC)C1=O. The zero-order valence-corrected chi connectivity index (χ0v) is 10.3. The van der Waals surface area contributed by atoms with Crippen LogP contribution in [0.1, 0.15) is 30.6 Å². The summed E-state index contributed by atoms with van der Waals surface area (Å²) in [5.74, 6) is -0.617. The standard InChI is InChI=1S/C13H15NO4/c1-3-10-12(15)14(4-2)9-6-5-8(13(16)17)7-11(9)18-10/h5-7,10H,3-4H2,1-2H3,(H,16,17). The number of benzene rings is 1. The van der Waals surface area contributed by atoms with Crippen molar-refractivity contribution in [1.29, 1.82) is 0 Å². The summed E-state index contributed by atoms with van der Waals surface area (Å²) in [6, 6.07) is 4.56. The van der Waals surface area contributed by atoms with Crippen molar-refractivity contribution in [2.75, 3.05) is 11.4 Å². The molecule has 0 aliphatic carbocycles. The van der Waals surface area contributed by atoms with Crippen LogP contribution in [0.5, 0.6) is 5.75 Å². The van der Waals surface area contributed by atoms with Crippen molar-refractivity contribution in [3.63, 3.8) is 0 Å². The lowest BCUT2D eigenvalue weighted by Gasteiger charge is -2.33. The molecule has 0 saturated carbocycles. The van der Waals surface area contributed by atoms with E-state index in [-0.39, 0.29) is 11.5 Å². The first-order valence-corrected chi connectivity index (χ1v) is 5.93. The summed E-state index contributed by atoms with van der Waals surface area (Å²) in [5.41, 5.74) is 0.797. The first-order chi connectivity index (χ1) is 8.58. The molecule has 1 heterocycles. The minimum atomic E-state index is -1.01. The normalized spacial score (nSPS) is 18.2. The molecule has 1 unspecified atom stereocenters. The van der Waals surface area contributed by atoms with Gasteiger partial charge in [0, 0.05) is 6.54 Å². The van der Waals surface area contributed by atoms with Crippen LogP contribution in [0.4, 0.5) is 5.69 Å². The third-order valence-electron chi connectivity index (χ3n) is 3.00. The Kier molecular flexibility index (Phi) is 3.23. The summed E-state index contributed by atoms with van der Waals surface area (Å²) in [5, 5.41) is 8.95. The predicted octanol–water partition coefficient (Wildman–Crippen LogP) is 1.91. The van der Waals surface area contributed by atoms with E-state index in [1.165, 1.54) is 12.1 Å². The van der Waals surface area contributed by atoms with Crippen LogP contribution < -0.4 is 9.64 Å². The zero-order chi connectivity index (χ0) is 13.3. The van der Waals surface area contributed by atoms with Crippen molar-refractivity contribution < 1.29 is 19.4 Å². The van der Waals surface area contributed by atoms with Gasteiger partial charge in [-0.2, -0.15) is 0 Å². The Morgan fingerprint density at radius 2 is 2.17 bits per heavy atom. The third kappa shape index (κ3) is 1.92. The summed E-state index contributed by atoms with van der Waals surface area (Å²) in [6.45, 7) is 4.28. The molecule has 1 aliphatic rings. The minimum Gasteiger partial charge on any atom is -0.478 e. The highest BCUT2D eigenvalue weighted by Gasteiger charge is 2.32. The molecule has 0 fully saturated rings. The fraction of sp³-hybridized carbons (Fsp3) is 0.385. The second kappa shape index (κ2) is 4.68. The van der Waals surface area contributed by atoms with Crippen LogP contribution in [-0.2, 0) is 4.79 Å². The lowest BCUT2D eigenvalue weighted by molar-refractivity contribution is -0.126. The number of fused-ring (bicyclic) bond motifs is 1. The molecule has 1 aliphatic heterocycles. The number of carbonyl (C=O) groups excluding carboxylic acids is 1. The Bertz CT molecular complexity index is 498. The van der Waals surface area contributed by atoms with Gasteiger partial charge in [0.15, 0.2) is 6.10 Å². The van der Waals surface area contributed by atoms with Crippen LogP contribution in [-0.4, -0.2) is 29.6 Å². The van der Waals surface area contributed by atoms with Gasteiger partial charge in [0.05, 0.1) is 11.3 Å². The molecule has 2 rings (SSSR count). The van der Waals surface area contributed by atoms with E-state index in [2.05, 4.69) is 0 Å². The number of likely N-dealkylation sites (N-methyl/N-ethyl adjacent to an activating group) is 1. The highest BCUT2D eigenvalue weighted by atomic mass is 16.5. The van der Waals surface area contributed by atoms with E-state index in [1.54, 1.807) is 11.0 Å². The van der Waals surface area contributed by atoms with Crippen LogP contribution in [0.15, 0.2) is 18.2 Å². The van der Waals surface area contributed by atoms with Crippen LogP contribution in [0.2, 0.25) is 0 Å². The summed E-state index contributed by atoms with van der Waals surface area (Å²) >= 11 is 0. The van der Waals surface area contributed by atoms with Crippen LogP contribution >= 0.6 is 0 Å². The molecule has 0 aromatic heterocycles. The van der Waals surface area contributed by atoms with Crippen molar-refractivity contribution in [2.24, 2.45) is 0 Å². The Balaban J connectivity index is 2.47. The summed E-state index contributed by atoms with van der Waals surface area (Å²) in [4.78, 5) is 24.6. The maximum Gasteiger partial charge on any atom is 0.335 e. The number of carboxylic acids is 1. The second-order valence-electron chi connectivity index (χ2n) is 4.08. The largest absolute Gasteiger partial charge is 0.478 e. The van der Waals surface area contributed by atoms with Gasteiger partial charge in [0.1, 0.15) is 5.75 Å². The highest BCUT2D eigenvalue weighted by Crippen LogP contribution is 2.35. The van der Waals surface area contributed by atoms with E-state index in [9.17, 15) is 9.59 Å². The molecule has 5 heteroatoms. The molecule has 1 aromatic rings. The smallest absolute Gasteiger partial charge is 0.335 e. The van der Waals surface area contributed by atoms with Gasteiger partial charge in [-0.25, -0.2) is 4.79 Å².